The molecule has 0 spiro atoms. The molecule has 0 bridgehead atoms. The fourth-order valence-electron chi connectivity index (χ4n) is 2.77. The molecule has 0 unspecified atom stereocenters. The Morgan fingerprint density at radius 2 is 1.59 bits per heavy atom. The van der Waals surface area contributed by atoms with Crippen LogP contribution in [0.3, 0.4) is 0 Å². The van der Waals surface area contributed by atoms with Gasteiger partial charge in [0.05, 0.1) is 30.8 Å². The third-order valence-electron chi connectivity index (χ3n) is 4.30. The van der Waals surface area contributed by atoms with Crippen molar-refractivity contribution in [2.45, 2.75) is 4.90 Å². The highest BCUT2D eigenvalue weighted by Gasteiger charge is 2.24. The molecule has 3 aromatic carbocycles. The van der Waals surface area contributed by atoms with E-state index in [1.54, 1.807) is 24.3 Å². The topological polar surface area (TPSA) is 134 Å². The molecule has 11 heteroatoms. The van der Waals surface area contributed by atoms with Crippen molar-refractivity contribution in [3.8, 4) is 17.2 Å². The number of carbonyl (C=O) groups is 1. The second-order valence-electron chi connectivity index (χ2n) is 6.31. The predicted molar refractivity (Wildman–Crippen MR) is 115 cm³/mol. The van der Waals surface area contributed by atoms with Crippen molar-refractivity contribution >= 4 is 27.4 Å². The van der Waals surface area contributed by atoms with E-state index in [0.29, 0.717) is 17.0 Å². The highest BCUT2D eigenvalue weighted by atomic mass is 32.2. The summed E-state index contributed by atoms with van der Waals surface area (Å²) in [6.07, 6.45) is 0. The molecule has 0 aliphatic heterocycles. The third-order valence-corrected chi connectivity index (χ3v) is 5.58. The van der Waals surface area contributed by atoms with E-state index in [9.17, 15) is 23.3 Å². The van der Waals surface area contributed by atoms with Gasteiger partial charge in [-0.3, -0.25) is 14.9 Å². The quantitative estimate of drug-likeness (QED) is 0.307. The summed E-state index contributed by atoms with van der Waals surface area (Å²) in [7, 11) is -1.69. The number of rotatable bonds is 8. The molecular formula is C21H18N2O8S. The van der Waals surface area contributed by atoms with E-state index < -0.39 is 20.9 Å². The Morgan fingerprint density at radius 3 is 2.22 bits per heavy atom. The molecule has 10 nitrogen and oxygen atoms in total. The van der Waals surface area contributed by atoms with Gasteiger partial charge in [0.1, 0.15) is 22.1 Å². The summed E-state index contributed by atoms with van der Waals surface area (Å²) in [5.74, 6) is -0.243. The van der Waals surface area contributed by atoms with Crippen LogP contribution in [0.15, 0.2) is 71.6 Å². The first-order valence-electron chi connectivity index (χ1n) is 9.06. The van der Waals surface area contributed by atoms with E-state index in [1.807, 2.05) is 0 Å². The summed E-state index contributed by atoms with van der Waals surface area (Å²) in [6, 6.07) is 15.4. The zero-order chi connectivity index (χ0) is 23.3. The van der Waals surface area contributed by atoms with Crippen molar-refractivity contribution < 1.29 is 31.8 Å². The number of nitrogens with zero attached hydrogens (tertiary/aromatic N) is 1. The summed E-state index contributed by atoms with van der Waals surface area (Å²) in [4.78, 5) is 22.3. The smallest absolute Gasteiger partial charge is 0.342 e. The average Bonchev–Trinajstić information content (AvgIpc) is 2.79. The van der Waals surface area contributed by atoms with Crippen LogP contribution in [0, 0.1) is 10.1 Å². The molecule has 0 fully saturated rings. The number of nitrogens with one attached hydrogen (secondary N) is 1. The minimum Gasteiger partial charge on any atom is -0.496 e. The number of nitro benzene ring substituents is 1. The van der Waals surface area contributed by atoms with Gasteiger partial charge in [-0.15, -0.1) is 0 Å². The van der Waals surface area contributed by atoms with E-state index in [2.05, 4.69) is 5.32 Å². The number of hydrogen-bond acceptors (Lipinski definition) is 8. The maximum atomic E-state index is 12.6. The second-order valence-corrected chi connectivity index (χ2v) is 7.82. The summed E-state index contributed by atoms with van der Waals surface area (Å²) in [6.45, 7) is 0. The van der Waals surface area contributed by atoms with Gasteiger partial charge in [-0.2, -0.15) is 8.42 Å². The van der Waals surface area contributed by atoms with Gasteiger partial charge in [-0.05, 0) is 42.5 Å². The van der Waals surface area contributed by atoms with Crippen molar-refractivity contribution in [2.24, 2.45) is 0 Å². The lowest BCUT2D eigenvalue weighted by molar-refractivity contribution is -0.385. The van der Waals surface area contributed by atoms with E-state index in [1.165, 1.54) is 38.5 Å². The summed E-state index contributed by atoms with van der Waals surface area (Å²) >= 11 is 0. The minimum absolute atomic E-state index is 0.0271. The molecule has 0 saturated heterocycles. The molecule has 1 amide bonds. The molecule has 3 aromatic rings. The Hall–Kier alpha value is -4.12. The number of hydrogen-bond donors (Lipinski definition) is 1. The van der Waals surface area contributed by atoms with Crippen LogP contribution in [0.4, 0.5) is 11.4 Å². The molecule has 0 saturated carbocycles. The Morgan fingerprint density at radius 1 is 0.938 bits per heavy atom. The van der Waals surface area contributed by atoms with Crippen LogP contribution in [-0.4, -0.2) is 33.5 Å². The molecular weight excluding hydrogens is 440 g/mol. The number of non-ortho nitro benzene ring substituents is 1. The molecule has 0 radical (unpaired) electrons. The molecule has 0 aliphatic rings. The number of ether oxygens (including phenoxy) is 2. The van der Waals surface area contributed by atoms with Gasteiger partial charge in [0.15, 0.2) is 0 Å². The Bertz CT molecular complexity index is 1260. The summed E-state index contributed by atoms with van der Waals surface area (Å²) < 4.78 is 40.5. The number of methoxy groups -OCH3 is 2. The number of amides is 1. The number of para-hydroxylation sites is 1. The fourth-order valence-corrected chi connectivity index (χ4v) is 3.85. The normalized spacial score (nSPS) is 10.8. The molecule has 0 heterocycles. The first kappa shape index (κ1) is 22.6. The molecule has 0 aromatic heterocycles. The maximum absolute atomic E-state index is 12.6. The highest BCUT2D eigenvalue weighted by molar-refractivity contribution is 7.87. The Kier molecular flexibility index (Phi) is 6.59. The van der Waals surface area contributed by atoms with Gasteiger partial charge in [-0.1, -0.05) is 12.1 Å². The number of anilines is 1. The molecule has 32 heavy (non-hydrogen) atoms. The van der Waals surface area contributed by atoms with Crippen molar-refractivity contribution in [3.05, 3.63) is 82.4 Å². The van der Waals surface area contributed by atoms with Crippen LogP contribution < -0.4 is 19.0 Å². The Balaban J connectivity index is 1.77. The molecule has 3 rings (SSSR count). The van der Waals surface area contributed by atoms with Gasteiger partial charge in [0.25, 0.3) is 11.6 Å². The lowest BCUT2D eigenvalue weighted by atomic mass is 10.2. The molecule has 0 atom stereocenters. The largest absolute Gasteiger partial charge is 0.496 e. The lowest BCUT2D eigenvalue weighted by Gasteiger charge is -2.12. The molecule has 0 aliphatic carbocycles. The van der Waals surface area contributed by atoms with Gasteiger partial charge < -0.3 is 19.0 Å². The van der Waals surface area contributed by atoms with Gasteiger partial charge in [0.2, 0.25) is 0 Å². The van der Waals surface area contributed by atoms with Crippen molar-refractivity contribution in [2.75, 3.05) is 19.5 Å². The SMILES string of the molecule is COc1ccccc1C(=O)Nc1ccc(OS(=O)(=O)c2ccc([N+](=O)[O-])cc2OC)cc1. The number of benzene rings is 3. The first-order valence-corrected chi connectivity index (χ1v) is 10.5. The lowest BCUT2D eigenvalue weighted by Crippen LogP contribution is -2.13. The van der Waals surface area contributed by atoms with Crippen LogP contribution >= 0.6 is 0 Å². The second kappa shape index (κ2) is 9.35. The van der Waals surface area contributed by atoms with Gasteiger partial charge in [-0.25, -0.2) is 0 Å². The van der Waals surface area contributed by atoms with Crippen LogP contribution in [0.1, 0.15) is 10.4 Å². The minimum atomic E-state index is -4.34. The van der Waals surface area contributed by atoms with E-state index in [0.717, 1.165) is 18.2 Å². The predicted octanol–water partition coefficient (Wildman–Crippen LogP) is 3.63. The summed E-state index contributed by atoms with van der Waals surface area (Å²) in [5, 5.41) is 13.6. The van der Waals surface area contributed by atoms with Crippen molar-refractivity contribution in [3.63, 3.8) is 0 Å². The first-order chi connectivity index (χ1) is 15.2. The standard InChI is InChI=1S/C21H18N2O8S/c1-29-18-6-4-3-5-17(18)21(24)22-14-7-10-16(11-8-14)31-32(27,28)20-12-9-15(23(25)26)13-19(20)30-2/h3-13H,1-2H3,(H,22,24). The van der Waals surface area contributed by atoms with Crippen molar-refractivity contribution in [1.29, 1.82) is 0 Å². The zero-order valence-corrected chi connectivity index (χ0v) is 17.8. The Labute approximate surface area is 183 Å². The van der Waals surface area contributed by atoms with Crippen LogP contribution in [0.2, 0.25) is 0 Å². The van der Waals surface area contributed by atoms with E-state index in [-0.39, 0.29) is 22.1 Å². The van der Waals surface area contributed by atoms with E-state index in [4.69, 9.17) is 13.7 Å². The fraction of sp³-hybridized carbons (Fsp3) is 0.0952. The molecule has 1 N–H and O–H groups in total. The van der Waals surface area contributed by atoms with Crippen LogP contribution in [0.5, 0.6) is 17.2 Å². The van der Waals surface area contributed by atoms with E-state index >= 15 is 0 Å². The number of carbonyl (C=O) groups excluding carboxylic acids is 1. The van der Waals surface area contributed by atoms with Crippen LogP contribution in [0.25, 0.3) is 0 Å². The average molecular weight is 458 g/mol. The molecule has 166 valence electrons. The zero-order valence-electron chi connectivity index (χ0n) is 17.0. The number of nitro groups is 1. The third kappa shape index (κ3) is 4.95. The maximum Gasteiger partial charge on any atom is 0.342 e. The van der Waals surface area contributed by atoms with Gasteiger partial charge >= 0.3 is 10.1 Å². The van der Waals surface area contributed by atoms with Crippen molar-refractivity contribution in [1.82, 2.24) is 0 Å². The van der Waals surface area contributed by atoms with Gasteiger partial charge in [0, 0.05) is 11.8 Å². The summed E-state index contributed by atoms with van der Waals surface area (Å²) in [5.41, 5.74) is 0.415. The monoisotopic (exact) mass is 458 g/mol. The highest BCUT2D eigenvalue weighted by Crippen LogP contribution is 2.31. The van der Waals surface area contributed by atoms with Crippen LogP contribution in [-0.2, 0) is 10.1 Å².